The van der Waals surface area contributed by atoms with Crippen molar-refractivity contribution in [2.24, 2.45) is 0 Å². The molecule has 0 aliphatic carbocycles. The van der Waals surface area contributed by atoms with Crippen LogP contribution in [0.2, 0.25) is 0 Å². The number of nitrogens with zero attached hydrogens (tertiary/aromatic N) is 1. The van der Waals surface area contributed by atoms with E-state index in [9.17, 15) is 14.9 Å². The van der Waals surface area contributed by atoms with Crippen LogP contribution >= 0.6 is 0 Å². The quantitative estimate of drug-likeness (QED) is 0.576. The zero-order valence-corrected chi connectivity index (χ0v) is 13.6. The van der Waals surface area contributed by atoms with Gasteiger partial charge in [0.2, 0.25) is 5.91 Å². The summed E-state index contributed by atoms with van der Waals surface area (Å²) in [4.78, 5) is 22.3. The van der Waals surface area contributed by atoms with E-state index in [1.54, 1.807) is 12.1 Å². The predicted molar refractivity (Wildman–Crippen MR) is 94.0 cm³/mol. The molecule has 0 aromatic heterocycles. The first-order valence-corrected chi connectivity index (χ1v) is 7.86. The molecular weight excluding hydrogens is 306 g/mol. The van der Waals surface area contributed by atoms with E-state index in [2.05, 4.69) is 10.6 Å². The van der Waals surface area contributed by atoms with Crippen molar-refractivity contribution in [3.05, 3.63) is 70.3 Å². The van der Waals surface area contributed by atoms with Crippen LogP contribution in [0.15, 0.2) is 54.6 Å². The maximum Gasteiger partial charge on any atom is 0.269 e. The number of hydrogen-bond donors (Lipinski definition) is 2. The Morgan fingerprint density at radius 2 is 1.92 bits per heavy atom. The van der Waals surface area contributed by atoms with Gasteiger partial charge in [-0.05, 0) is 31.0 Å². The van der Waals surface area contributed by atoms with Crippen molar-refractivity contribution in [1.29, 1.82) is 0 Å². The third kappa shape index (κ3) is 5.72. The van der Waals surface area contributed by atoms with Gasteiger partial charge in [-0.25, -0.2) is 0 Å². The van der Waals surface area contributed by atoms with Crippen LogP contribution in [0.1, 0.15) is 18.9 Å². The minimum atomic E-state index is -0.430. The molecule has 0 unspecified atom stereocenters. The molecule has 6 heteroatoms. The molecule has 1 amide bonds. The third-order valence-corrected chi connectivity index (χ3v) is 3.56. The molecule has 0 radical (unpaired) electrons. The maximum absolute atomic E-state index is 12.0. The molecule has 0 fully saturated rings. The highest BCUT2D eigenvalue weighted by Crippen LogP contribution is 2.14. The average molecular weight is 327 g/mol. The van der Waals surface area contributed by atoms with Crippen LogP contribution in [0.3, 0.4) is 0 Å². The Labute approximate surface area is 141 Å². The third-order valence-electron chi connectivity index (χ3n) is 3.56. The number of non-ortho nitro benzene ring substituents is 1. The normalized spacial score (nSPS) is 11.5. The number of rotatable bonds is 8. The van der Waals surface area contributed by atoms with E-state index < -0.39 is 4.92 Å². The molecular formula is C18H21N3O3. The SMILES string of the molecule is C[C@@H](CNc1ccccc1)NC(=O)CCc1cccc([N+](=O)[O-])c1. The number of carbonyl (C=O) groups is 1. The number of anilines is 1. The van der Waals surface area contributed by atoms with Gasteiger partial charge in [0.1, 0.15) is 0 Å². The van der Waals surface area contributed by atoms with Crippen LogP contribution in [-0.2, 0) is 11.2 Å². The smallest absolute Gasteiger partial charge is 0.269 e. The monoisotopic (exact) mass is 327 g/mol. The van der Waals surface area contributed by atoms with Crippen molar-refractivity contribution in [2.45, 2.75) is 25.8 Å². The van der Waals surface area contributed by atoms with Gasteiger partial charge in [0.05, 0.1) is 4.92 Å². The van der Waals surface area contributed by atoms with E-state index >= 15 is 0 Å². The Morgan fingerprint density at radius 1 is 1.17 bits per heavy atom. The van der Waals surface area contributed by atoms with Crippen molar-refractivity contribution in [3.63, 3.8) is 0 Å². The van der Waals surface area contributed by atoms with Gasteiger partial charge in [-0.15, -0.1) is 0 Å². The molecule has 1 atom stereocenters. The van der Waals surface area contributed by atoms with Crippen molar-refractivity contribution in [1.82, 2.24) is 5.32 Å². The van der Waals surface area contributed by atoms with Crippen LogP contribution in [0.5, 0.6) is 0 Å². The molecule has 6 nitrogen and oxygen atoms in total. The number of nitrogens with one attached hydrogen (secondary N) is 2. The lowest BCUT2D eigenvalue weighted by Gasteiger charge is -2.15. The minimum absolute atomic E-state index is 0.0113. The topological polar surface area (TPSA) is 84.3 Å². The zero-order chi connectivity index (χ0) is 17.4. The Kier molecular flexibility index (Phi) is 6.31. The van der Waals surface area contributed by atoms with Gasteiger partial charge in [-0.3, -0.25) is 14.9 Å². The summed E-state index contributed by atoms with van der Waals surface area (Å²) in [5, 5.41) is 16.9. The fourth-order valence-electron chi connectivity index (χ4n) is 2.31. The summed E-state index contributed by atoms with van der Waals surface area (Å²) >= 11 is 0. The van der Waals surface area contributed by atoms with Crippen molar-refractivity contribution in [2.75, 3.05) is 11.9 Å². The number of benzene rings is 2. The lowest BCUT2D eigenvalue weighted by molar-refractivity contribution is -0.384. The fourth-order valence-corrected chi connectivity index (χ4v) is 2.31. The van der Waals surface area contributed by atoms with Gasteiger partial charge < -0.3 is 10.6 Å². The Balaban J connectivity index is 1.74. The van der Waals surface area contributed by atoms with E-state index in [-0.39, 0.29) is 17.6 Å². The second-order valence-electron chi connectivity index (χ2n) is 5.64. The van der Waals surface area contributed by atoms with Crippen LogP contribution in [-0.4, -0.2) is 23.4 Å². The lowest BCUT2D eigenvalue weighted by atomic mass is 10.1. The number of nitro groups is 1. The molecule has 0 saturated carbocycles. The Hall–Kier alpha value is -2.89. The molecule has 0 heterocycles. The van der Waals surface area contributed by atoms with Gasteiger partial charge in [0.15, 0.2) is 0 Å². The second-order valence-corrected chi connectivity index (χ2v) is 5.64. The van der Waals surface area contributed by atoms with Gasteiger partial charge in [-0.2, -0.15) is 0 Å². The van der Waals surface area contributed by atoms with Crippen LogP contribution in [0, 0.1) is 10.1 Å². The minimum Gasteiger partial charge on any atom is -0.383 e. The molecule has 2 aromatic carbocycles. The van der Waals surface area contributed by atoms with E-state index in [1.165, 1.54) is 12.1 Å². The summed E-state index contributed by atoms with van der Waals surface area (Å²) in [6, 6.07) is 16.2. The van der Waals surface area contributed by atoms with Gasteiger partial charge >= 0.3 is 0 Å². The zero-order valence-electron chi connectivity index (χ0n) is 13.6. The molecule has 0 aliphatic rings. The van der Waals surface area contributed by atoms with Crippen molar-refractivity contribution in [3.8, 4) is 0 Å². The molecule has 0 bridgehead atoms. The summed E-state index contributed by atoms with van der Waals surface area (Å²) in [7, 11) is 0. The van der Waals surface area contributed by atoms with Gasteiger partial charge in [0.25, 0.3) is 5.69 Å². The van der Waals surface area contributed by atoms with Crippen molar-refractivity contribution < 1.29 is 9.72 Å². The highest BCUT2D eigenvalue weighted by atomic mass is 16.6. The highest BCUT2D eigenvalue weighted by Gasteiger charge is 2.09. The van der Waals surface area contributed by atoms with Gasteiger partial charge in [-0.1, -0.05) is 30.3 Å². The molecule has 0 spiro atoms. The summed E-state index contributed by atoms with van der Waals surface area (Å²) in [6.45, 7) is 2.56. The fraction of sp³-hybridized carbons (Fsp3) is 0.278. The molecule has 2 aromatic rings. The number of hydrogen-bond acceptors (Lipinski definition) is 4. The highest BCUT2D eigenvalue weighted by molar-refractivity contribution is 5.76. The number of aryl methyl sites for hydroxylation is 1. The number of nitro benzene ring substituents is 1. The first-order chi connectivity index (χ1) is 11.5. The van der Waals surface area contributed by atoms with E-state index in [0.717, 1.165) is 11.3 Å². The first kappa shape index (κ1) is 17.5. The largest absolute Gasteiger partial charge is 0.383 e. The average Bonchev–Trinajstić information content (AvgIpc) is 2.59. The second kappa shape index (κ2) is 8.67. The predicted octanol–water partition coefficient (Wildman–Crippen LogP) is 3.14. The maximum atomic E-state index is 12.0. The van der Waals surface area contributed by atoms with Crippen LogP contribution in [0.25, 0.3) is 0 Å². The summed E-state index contributed by atoms with van der Waals surface area (Å²) in [6.07, 6.45) is 0.781. The van der Waals surface area contributed by atoms with Crippen LogP contribution in [0.4, 0.5) is 11.4 Å². The Bertz CT molecular complexity index is 689. The van der Waals surface area contributed by atoms with Gasteiger partial charge in [0, 0.05) is 36.8 Å². The first-order valence-electron chi connectivity index (χ1n) is 7.86. The molecule has 2 rings (SSSR count). The number of carbonyl (C=O) groups excluding carboxylic acids is 1. The number of amides is 1. The molecule has 0 aliphatic heterocycles. The Morgan fingerprint density at radius 3 is 2.62 bits per heavy atom. The lowest BCUT2D eigenvalue weighted by Crippen LogP contribution is -2.37. The van der Waals surface area contributed by atoms with Crippen molar-refractivity contribution >= 4 is 17.3 Å². The number of para-hydroxylation sites is 1. The summed E-state index contributed by atoms with van der Waals surface area (Å²) in [5.41, 5.74) is 1.85. The molecule has 2 N–H and O–H groups in total. The van der Waals surface area contributed by atoms with E-state index in [0.29, 0.717) is 19.4 Å². The summed E-state index contributed by atoms with van der Waals surface area (Å²) < 4.78 is 0. The standard InChI is InChI=1S/C18H21N3O3/c1-14(13-19-16-7-3-2-4-8-16)20-18(22)11-10-15-6-5-9-17(12-15)21(23)24/h2-9,12,14,19H,10-11,13H2,1H3,(H,20,22)/t14-/m0/s1. The molecule has 126 valence electrons. The van der Waals surface area contributed by atoms with Crippen LogP contribution < -0.4 is 10.6 Å². The molecule has 0 saturated heterocycles. The van der Waals surface area contributed by atoms with E-state index in [4.69, 9.17) is 0 Å². The molecule has 24 heavy (non-hydrogen) atoms. The van der Waals surface area contributed by atoms with E-state index in [1.807, 2.05) is 37.3 Å². The summed E-state index contributed by atoms with van der Waals surface area (Å²) in [5.74, 6) is -0.0659.